The van der Waals surface area contributed by atoms with Gasteiger partial charge in [-0.1, -0.05) is 12.1 Å². The van der Waals surface area contributed by atoms with Crippen LogP contribution in [-0.2, 0) is 11.3 Å². The average molecular weight is 265 g/mol. The van der Waals surface area contributed by atoms with E-state index in [0.717, 1.165) is 38.3 Å². The molecule has 1 heterocycles. The first-order valence-electron chi connectivity index (χ1n) is 6.55. The number of benzene rings is 1. The molecule has 19 heavy (non-hydrogen) atoms. The predicted molar refractivity (Wildman–Crippen MR) is 72.0 cm³/mol. The Morgan fingerprint density at radius 1 is 1.32 bits per heavy atom. The van der Waals surface area contributed by atoms with Crippen molar-refractivity contribution in [3.05, 3.63) is 35.1 Å². The summed E-state index contributed by atoms with van der Waals surface area (Å²) < 4.78 is 13.2. The van der Waals surface area contributed by atoms with E-state index in [1.807, 2.05) is 12.1 Å². The van der Waals surface area contributed by atoms with Gasteiger partial charge in [0.25, 0.3) is 0 Å². The zero-order valence-corrected chi connectivity index (χ0v) is 11.2. The van der Waals surface area contributed by atoms with Gasteiger partial charge in [0.15, 0.2) is 0 Å². The second kappa shape index (κ2) is 6.12. The van der Waals surface area contributed by atoms with Crippen LogP contribution in [0.5, 0.6) is 0 Å². The number of carbonyl (C=O) groups excluding carboxylic acids is 1. The molecule has 1 aliphatic rings. The number of carbonyl (C=O) groups is 1. The van der Waals surface area contributed by atoms with E-state index < -0.39 is 0 Å². The first-order chi connectivity index (χ1) is 9.10. The first-order valence-corrected chi connectivity index (χ1v) is 6.55. The van der Waals surface area contributed by atoms with Crippen molar-refractivity contribution in [1.82, 2.24) is 9.80 Å². The summed E-state index contributed by atoms with van der Waals surface area (Å²) in [4.78, 5) is 15.5. The van der Waals surface area contributed by atoms with Gasteiger partial charge in [0.1, 0.15) is 5.82 Å². The summed E-state index contributed by atoms with van der Waals surface area (Å²) in [5, 5.41) is 0. The van der Waals surface area contributed by atoms with Gasteiger partial charge in [0, 0.05) is 32.7 Å². The van der Waals surface area contributed by atoms with Crippen molar-refractivity contribution in [2.45, 2.75) is 13.5 Å². The number of rotatable bonds is 3. The lowest BCUT2D eigenvalue weighted by Gasteiger charge is -2.34. The van der Waals surface area contributed by atoms with Crippen molar-refractivity contribution in [3.8, 4) is 0 Å². The highest BCUT2D eigenvalue weighted by Gasteiger charge is 2.20. The van der Waals surface area contributed by atoms with E-state index >= 15 is 0 Å². The molecule has 1 fully saturated rings. The Balaban J connectivity index is 1.88. The minimum atomic E-state index is -0.165. The molecule has 0 radical (unpaired) electrons. The summed E-state index contributed by atoms with van der Waals surface area (Å²) in [6.45, 7) is 5.76. The Morgan fingerprint density at radius 3 is 2.58 bits per heavy atom. The molecule has 2 N–H and O–H groups in total. The summed E-state index contributed by atoms with van der Waals surface area (Å²) in [6.07, 6.45) is 0. The van der Waals surface area contributed by atoms with Crippen LogP contribution in [0, 0.1) is 12.7 Å². The molecule has 2 rings (SSSR count). The predicted octanol–water partition coefficient (Wildman–Crippen LogP) is 0.737. The maximum Gasteiger partial charge on any atom is 0.236 e. The fourth-order valence-corrected chi connectivity index (χ4v) is 2.35. The van der Waals surface area contributed by atoms with Crippen molar-refractivity contribution in [2.24, 2.45) is 5.73 Å². The van der Waals surface area contributed by atoms with E-state index in [2.05, 4.69) is 4.90 Å². The fourth-order valence-electron chi connectivity index (χ4n) is 2.35. The van der Waals surface area contributed by atoms with E-state index in [1.165, 1.54) is 6.07 Å². The number of hydrogen-bond acceptors (Lipinski definition) is 3. The molecule has 0 spiro atoms. The Labute approximate surface area is 113 Å². The molecule has 0 aromatic heterocycles. The van der Waals surface area contributed by atoms with E-state index in [0.29, 0.717) is 5.56 Å². The third kappa shape index (κ3) is 3.52. The van der Waals surface area contributed by atoms with Gasteiger partial charge in [-0.05, 0) is 24.1 Å². The van der Waals surface area contributed by atoms with Crippen molar-refractivity contribution in [3.63, 3.8) is 0 Å². The quantitative estimate of drug-likeness (QED) is 0.877. The van der Waals surface area contributed by atoms with E-state index in [4.69, 9.17) is 5.73 Å². The Kier molecular flexibility index (Phi) is 4.50. The van der Waals surface area contributed by atoms with Crippen LogP contribution in [0.2, 0.25) is 0 Å². The summed E-state index contributed by atoms with van der Waals surface area (Å²) in [7, 11) is 0. The van der Waals surface area contributed by atoms with Gasteiger partial charge in [0.05, 0.1) is 6.54 Å². The van der Waals surface area contributed by atoms with Gasteiger partial charge in [-0.2, -0.15) is 0 Å². The molecule has 0 bridgehead atoms. The number of amides is 1. The molecule has 0 aliphatic carbocycles. The van der Waals surface area contributed by atoms with Crippen molar-refractivity contribution < 1.29 is 9.18 Å². The molecule has 104 valence electrons. The van der Waals surface area contributed by atoms with Crippen molar-refractivity contribution in [1.29, 1.82) is 0 Å². The summed E-state index contributed by atoms with van der Waals surface area (Å²) >= 11 is 0. The van der Waals surface area contributed by atoms with Crippen LogP contribution in [0.25, 0.3) is 0 Å². The maximum atomic E-state index is 13.2. The smallest absolute Gasteiger partial charge is 0.236 e. The lowest BCUT2D eigenvalue weighted by atomic mass is 10.1. The van der Waals surface area contributed by atoms with Crippen LogP contribution in [0.1, 0.15) is 11.1 Å². The van der Waals surface area contributed by atoms with Crippen LogP contribution < -0.4 is 5.73 Å². The van der Waals surface area contributed by atoms with Crippen LogP contribution >= 0.6 is 0 Å². The van der Waals surface area contributed by atoms with Gasteiger partial charge in [-0.25, -0.2) is 4.39 Å². The number of aryl methyl sites for hydroxylation is 1. The number of hydrogen-bond donors (Lipinski definition) is 1. The highest BCUT2D eigenvalue weighted by Crippen LogP contribution is 2.13. The van der Waals surface area contributed by atoms with Gasteiger partial charge >= 0.3 is 0 Å². The Bertz CT molecular complexity index is 456. The fraction of sp³-hybridized carbons (Fsp3) is 0.500. The molecular weight excluding hydrogens is 245 g/mol. The monoisotopic (exact) mass is 265 g/mol. The second-order valence-corrected chi connectivity index (χ2v) is 4.94. The average Bonchev–Trinajstić information content (AvgIpc) is 2.43. The molecule has 1 aromatic carbocycles. The van der Waals surface area contributed by atoms with Crippen molar-refractivity contribution in [2.75, 3.05) is 32.7 Å². The standard InChI is InChI=1S/C14H20FN3O/c1-11-8-12(2-3-13(11)15)10-17-4-6-18(7-5-17)14(19)9-16/h2-3,8H,4-7,9-10,16H2,1H3. The maximum absolute atomic E-state index is 13.2. The normalized spacial score (nSPS) is 16.7. The van der Waals surface area contributed by atoms with Gasteiger partial charge in [0.2, 0.25) is 5.91 Å². The molecule has 1 amide bonds. The van der Waals surface area contributed by atoms with Gasteiger partial charge in [-0.3, -0.25) is 9.69 Å². The molecule has 0 unspecified atom stereocenters. The van der Waals surface area contributed by atoms with Gasteiger partial charge in [-0.15, -0.1) is 0 Å². The molecular formula is C14H20FN3O. The minimum absolute atomic E-state index is 0.0114. The van der Waals surface area contributed by atoms with Crippen LogP contribution in [0.3, 0.4) is 0 Å². The number of nitrogens with two attached hydrogens (primary N) is 1. The molecule has 0 atom stereocenters. The van der Waals surface area contributed by atoms with Crippen molar-refractivity contribution >= 4 is 5.91 Å². The zero-order valence-electron chi connectivity index (χ0n) is 11.2. The molecule has 4 nitrogen and oxygen atoms in total. The van der Waals surface area contributed by atoms with E-state index in [1.54, 1.807) is 11.8 Å². The minimum Gasteiger partial charge on any atom is -0.339 e. The molecule has 0 saturated carbocycles. The van der Waals surface area contributed by atoms with Crippen LogP contribution in [0.4, 0.5) is 4.39 Å². The van der Waals surface area contributed by atoms with E-state index in [9.17, 15) is 9.18 Å². The Morgan fingerprint density at radius 2 is 2.00 bits per heavy atom. The molecule has 1 saturated heterocycles. The summed E-state index contributed by atoms with van der Waals surface area (Å²) in [5.74, 6) is -0.153. The first kappa shape index (κ1) is 14.0. The highest BCUT2D eigenvalue weighted by molar-refractivity contribution is 5.78. The van der Waals surface area contributed by atoms with Crippen LogP contribution in [0.15, 0.2) is 18.2 Å². The SMILES string of the molecule is Cc1cc(CN2CCN(C(=O)CN)CC2)ccc1F. The van der Waals surface area contributed by atoms with Gasteiger partial charge < -0.3 is 10.6 Å². The number of halogens is 1. The Hall–Kier alpha value is -1.46. The summed E-state index contributed by atoms with van der Waals surface area (Å²) in [5.41, 5.74) is 7.14. The van der Waals surface area contributed by atoms with Crippen LogP contribution in [-0.4, -0.2) is 48.4 Å². The molecule has 1 aliphatic heterocycles. The summed E-state index contributed by atoms with van der Waals surface area (Å²) in [6, 6.07) is 5.21. The van der Waals surface area contributed by atoms with E-state index in [-0.39, 0.29) is 18.3 Å². The third-order valence-corrected chi connectivity index (χ3v) is 3.53. The lowest BCUT2D eigenvalue weighted by Crippen LogP contribution is -2.49. The highest BCUT2D eigenvalue weighted by atomic mass is 19.1. The topological polar surface area (TPSA) is 49.6 Å². The lowest BCUT2D eigenvalue weighted by molar-refractivity contribution is -0.131. The number of nitrogens with zero attached hydrogens (tertiary/aromatic N) is 2. The molecule has 1 aromatic rings. The molecule has 5 heteroatoms. The second-order valence-electron chi connectivity index (χ2n) is 4.94. The number of piperazine rings is 1. The largest absolute Gasteiger partial charge is 0.339 e. The third-order valence-electron chi connectivity index (χ3n) is 3.53. The zero-order chi connectivity index (χ0) is 13.8.